The van der Waals surface area contributed by atoms with Gasteiger partial charge >= 0.3 is 0 Å². The minimum absolute atomic E-state index is 0.161. The van der Waals surface area contributed by atoms with Crippen molar-refractivity contribution in [3.05, 3.63) is 0 Å². The molecule has 2 aliphatic heterocycles. The van der Waals surface area contributed by atoms with Crippen LogP contribution in [0, 0.1) is 0 Å². The zero-order valence-corrected chi connectivity index (χ0v) is 10.9. The predicted octanol–water partition coefficient (Wildman–Crippen LogP) is 0.729. The van der Waals surface area contributed by atoms with Gasteiger partial charge in [-0.1, -0.05) is 6.42 Å². The van der Waals surface area contributed by atoms with Crippen LogP contribution in [-0.2, 0) is 4.79 Å². The van der Waals surface area contributed by atoms with E-state index in [9.17, 15) is 4.79 Å². The molecular weight excluding hydrogens is 214 g/mol. The number of carbonyl (C=O) groups is 1. The molecule has 0 radical (unpaired) electrons. The molecule has 4 heteroatoms. The van der Waals surface area contributed by atoms with Crippen LogP contribution in [0.15, 0.2) is 0 Å². The van der Waals surface area contributed by atoms with Crippen molar-refractivity contribution in [1.82, 2.24) is 15.5 Å². The number of carbonyl (C=O) groups excluding carboxylic acids is 1. The SMILES string of the molecule is CNC(=O)CCN1CCCCC1C1CCCN1. The molecule has 1 amide bonds. The quantitative estimate of drug-likeness (QED) is 0.760. The van der Waals surface area contributed by atoms with Crippen LogP contribution < -0.4 is 10.6 Å². The first kappa shape index (κ1) is 12.8. The van der Waals surface area contributed by atoms with Crippen molar-refractivity contribution in [2.24, 2.45) is 0 Å². The number of rotatable bonds is 4. The second kappa shape index (κ2) is 6.36. The fourth-order valence-corrected chi connectivity index (χ4v) is 3.16. The number of hydrogen-bond acceptors (Lipinski definition) is 3. The van der Waals surface area contributed by atoms with Crippen molar-refractivity contribution in [3.8, 4) is 0 Å². The maximum absolute atomic E-state index is 11.3. The average molecular weight is 239 g/mol. The summed E-state index contributed by atoms with van der Waals surface area (Å²) < 4.78 is 0. The molecule has 2 fully saturated rings. The van der Waals surface area contributed by atoms with E-state index in [0.717, 1.165) is 6.54 Å². The van der Waals surface area contributed by atoms with E-state index < -0.39 is 0 Å². The summed E-state index contributed by atoms with van der Waals surface area (Å²) in [6, 6.07) is 1.33. The lowest BCUT2D eigenvalue weighted by atomic mass is 9.94. The minimum atomic E-state index is 0.161. The summed E-state index contributed by atoms with van der Waals surface area (Å²) in [6.07, 6.45) is 7.19. The highest BCUT2D eigenvalue weighted by atomic mass is 16.1. The van der Waals surface area contributed by atoms with Crippen LogP contribution in [-0.4, -0.2) is 49.6 Å². The Morgan fingerprint density at radius 1 is 1.35 bits per heavy atom. The van der Waals surface area contributed by atoms with Crippen LogP contribution in [0.2, 0.25) is 0 Å². The molecule has 0 aliphatic carbocycles. The lowest BCUT2D eigenvalue weighted by Gasteiger charge is -2.39. The fraction of sp³-hybridized carbons (Fsp3) is 0.923. The molecule has 2 atom stereocenters. The minimum Gasteiger partial charge on any atom is -0.359 e. The molecule has 0 aromatic heterocycles. The zero-order valence-electron chi connectivity index (χ0n) is 10.9. The van der Waals surface area contributed by atoms with Gasteiger partial charge in [-0.05, 0) is 38.8 Å². The van der Waals surface area contributed by atoms with E-state index in [1.54, 1.807) is 7.05 Å². The first-order valence-electron chi connectivity index (χ1n) is 6.99. The van der Waals surface area contributed by atoms with Gasteiger partial charge in [0.15, 0.2) is 0 Å². The number of hydrogen-bond donors (Lipinski definition) is 2. The summed E-state index contributed by atoms with van der Waals surface area (Å²) in [5.74, 6) is 0.161. The van der Waals surface area contributed by atoms with Crippen molar-refractivity contribution >= 4 is 5.91 Å². The summed E-state index contributed by atoms with van der Waals surface area (Å²) in [5, 5.41) is 6.32. The predicted molar refractivity (Wildman–Crippen MR) is 68.9 cm³/mol. The Morgan fingerprint density at radius 3 is 2.94 bits per heavy atom. The van der Waals surface area contributed by atoms with Crippen molar-refractivity contribution in [2.45, 2.75) is 50.6 Å². The van der Waals surface area contributed by atoms with Crippen molar-refractivity contribution in [3.63, 3.8) is 0 Å². The van der Waals surface area contributed by atoms with Crippen LogP contribution in [0.5, 0.6) is 0 Å². The summed E-state index contributed by atoms with van der Waals surface area (Å²) in [7, 11) is 1.72. The van der Waals surface area contributed by atoms with Crippen LogP contribution >= 0.6 is 0 Å². The second-order valence-corrected chi connectivity index (χ2v) is 5.23. The molecule has 0 saturated carbocycles. The van der Waals surface area contributed by atoms with E-state index in [4.69, 9.17) is 0 Å². The van der Waals surface area contributed by atoms with E-state index in [0.29, 0.717) is 18.5 Å². The van der Waals surface area contributed by atoms with Gasteiger partial charge in [0, 0.05) is 32.1 Å². The van der Waals surface area contributed by atoms with Gasteiger partial charge in [0.2, 0.25) is 5.91 Å². The van der Waals surface area contributed by atoms with E-state index in [1.165, 1.54) is 45.2 Å². The number of likely N-dealkylation sites (tertiary alicyclic amines) is 1. The van der Waals surface area contributed by atoms with E-state index >= 15 is 0 Å². The van der Waals surface area contributed by atoms with Crippen LogP contribution in [0.25, 0.3) is 0 Å². The number of amides is 1. The third-order valence-electron chi connectivity index (χ3n) is 4.13. The summed E-state index contributed by atoms with van der Waals surface area (Å²) >= 11 is 0. The molecule has 2 unspecified atom stereocenters. The smallest absolute Gasteiger partial charge is 0.221 e. The Kier molecular flexibility index (Phi) is 4.80. The topological polar surface area (TPSA) is 44.4 Å². The molecule has 98 valence electrons. The monoisotopic (exact) mass is 239 g/mol. The molecule has 2 N–H and O–H groups in total. The number of nitrogens with one attached hydrogen (secondary N) is 2. The Labute approximate surface area is 104 Å². The Bertz CT molecular complexity index is 251. The lowest BCUT2D eigenvalue weighted by molar-refractivity contribution is -0.121. The van der Waals surface area contributed by atoms with Gasteiger partial charge in [-0.3, -0.25) is 9.69 Å². The highest BCUT2D eigenvalue weighted by Gasteiger charge is 2.31. The molecule has 4 nitrogen and oxygen atoms in total. The van der Waals surface area contributed by atoms with E-state index in [1.807, 2.05) is 0 Å². The Hall–Kier alpha value is -0.610. The second-order valence-electron chi connectivity index (χ2n) is 5.23. The third kappa shape index (κ3) is 3.42. The first-order valence-corrected chi connectivity index (χ1v) is 6.99. The molecule has 2 saturated heterocycles. The van der Waals surface area contributed by atoms with E-state index in [-0.39, 0.29) is 5.91 Å². The van der Waals surface area contributed by atoms with Gasteiger partial charge in [-0.2, -0.15) is 0 Å². The number of piperidine rings is 1. The Balaban J connectivity index is 1.85. The average Bonchev–Trinajstić information content (AvgIpc) is 2.90. The maximum atomic E-state index is 11.3. The molecule has 0 aromatic carbocycles. The van der Waals surface area contributed by atoms with Gasteiger partial charge in [0.1, 0.15) is 0 Å². The molecule has 2 rings (SSSR count). The molecule has 0 spiro atoms. The third-order valence-corrected chi connectivity index (χ3v) is 4.13. The van der Waals surface area contributed by atoms with Crippen molar-refractivity contribution in [2.75, 3.05) is 26.7 Å². The lowest BCUT2D eigenvalue weighted by Crippen LogP contribution is -2.50. The highest BCUT2D eigenvalue weighted by molar-refractivity contribution is 5.75. The first-order chi connectivity index (χ1) is 8.31. The van der Waals surface area contributed by atoms with E-state index in [2.05, 4.69) is 15.5 Å². The van der Waals surface area contributed by atoms with Crippen LogP contribution in [0.1, 0.15) is 38.5 Å². The Morgan fingerprint density at radius 2 is 2.24 bits per heavy atom. The standard InChI is InChI=1S/C13H25N3O/c1-14-13(17)7-10-16-9-3-2-6-12(16)11-5-4-8-15-11/h11-12,15H,2-10H2,1H3,(H,14,17). The zero-order chi connectivity index (χ0) is 12.1. The maximum Gasteiger partial charge on any atom is 0.221 e. The van der Waals surface area contributed by atoms with Crippen molar-refractivity contribution in [1.29, 1.82) is 0 Å². The van der Waals surface area contributed by atoms with Gasteiger partial charge < -0.3 is 10.6 Å². The summed E-state index contributed by atoms with van der Waals surface area (Å²) in [4.78, 5) is 13.9. The van der Waals surface area contributed by atoms with Crippen molar-refractivity contribution < 1.29 is 4.79 Å². The molecule has 2 heterocycles. The summed E-state index contributed by atoms with van der Waals surface area (Å²) in [5.41, 5.74) is 0. The van der Waals surface area contributed by atoms with Gasteiger partial charge in [0.05, 0.1) is 0 Å². The fourth-order valence-electron chi connectivity index (χ4n) is 3.16. The largest absolute Gasteiger partial charge is 0.359 e. The highest BCUT2D eigenvalue weighted by Crippen LogP contribution is 2.24. The molecule has 0 bridgehead atoms. The molecular formula is C13H25N3O. The molecule has 2 aliphatic rings. The molecule has 0 aromatic rings. The van der Waals surface area contributed by atoms with Crippen LogP contribution in [0.3, 0.4) is 0 Å². The van der Waals surface area contributed by atoms with Gasteiger partial charge in [-0.25, -0.2) is 0 Å². The normalized spacial score (nSPS) is 30.4. The number of nitrogens with zero attached hydrogens (tertiary/aromatic N) is 1. The van der Waals surface area contributed by atoms with Gasteiger partial charge in [0.25, 0.3) is 0 Å². The summed E-state index contributed by atoms with van der Waals surface area (Å²) in [6.45, 7) is 3.26. The molecule has 17 heavy (non-hydrogen) atoms. The van der Waals surface area contributed by atoms with Crippen LogP contribution in [0.4, 0.5) is 0 Å². The van der Waals surface area contributed by atoms with Gasteiger partial charge in [-0.15, -0.1) is 0 Å².